The largest absolute Gasteiger partial charge is 0.306 e. The van der Waals surface area contributed by atoms with Crippen molar-refractivity contribution in [1.29, 1.82) is 0 Å². The smallest absolute Gasteiger partial charge is 0.280 e. The predicted molar refractivity (Wildman–Crippen MR) is 144 cm³/mol. The van der Waals surface area contributed by atoms with Crippen molar-refractivity contribution in [1.82, 2.24) is 24.2 Å². The zero-order chi connectivity index (χ0) is 25.2. The third-order valence-corrected chi connectivity index (χ3v) is 7.07. The van der Waals surface area contributed by atoms with Crippen molar-refractivity contribution in [2.45, 2.75) is 24.9 Å². The van der Waals surface area contributed by atoms with E-state index in [1.807, 2.05) is 43.5 Å². The predicted octanol–water partition coefficient (Wildman–Crippen LogP) is 4.50. The van der Waals surface area contributed by atoms with E-state index < -0.39 is 0 Å². The van der Waals surface area contributed by atoms with Gasteiger partial charge < -0.3 is 4.57 Å². The lowest BCUT2D eigenvalue weighted by molar-refractivity contribution is 0.341. The number of allylic oxidation sites excluding steroid dienone is 3. The van der Waals surface area contributed by atoms with Crippen LogP contribution in [0.3, 0.4) is 0 Å². The molecule has 3 aromatic heterocycles. The van der Waals surface area contributed by atoms with E-state index >= 15 is 0 Å². The SMILES string of the molecule is CN(CC1=CC=CCC1Cl)Cc1c2c(=O)n(-c3ccccc3Cl)[nH]c2cc(=O)n1Cc1cccnc1. The fraction of sp³-hybridized carbons (Fsp3) is 0.222. The lowest BCUT2D eigenvalue weighted by atomic mass is 10.0. The summed E-state index contributed by atoms with van der Waals surface area (Å²) in [6.45, 7) is 1.28. The number of pyridine rings is 2. The van der Waals surface area contributed by atoms with E-state index in [-0.39, 0.29) is 16.5 Å². The van der Waals surface area contributed by atoms with Crippen LogP contribution in [0.15, 0.2) is 88.2 Å². The molecule has 5 rings (SSSR count). The summed E-state index contributed by atoms with van der Waals surface area (Å²) in [4.78, 5) is 33.3. The normalized spacial score (nSPS) is 15.6. The molecule has 3 heterocycles. The number of hydrogen-bond acceptors (Lipinski definition) is 4. The summed E-state index contributed by atoms with van der Waals surface area (Å²) in [5.74, 6) is 0. The molecule has 0 aliphatic heterocycles. The van der Waals surface area contributed by atoms with Crippen LogP contribution in [0.1, 0.15) is 17.7 Å². The van der Waals surface area contributed by atoms with Gasteiger partial charge in [-0.05, 0) is 42.8 Å². The molecule has 4 aromatic rings. The fourth-order valence-corrected chi connectivity index (χ4v) is 5.01. The van der Waals surface area contributed by atoms with Crippen LogP contribution in [0.2, 0.25) is 5.02 Å². The van der Waals surface area contributed by atoms with E-state index in [2.05, 4.69) is 15.0 Å². The summed E-state index contributed by atoms with van der Waals surface area (Å²) in [6, 6.07) is 12.3. The number of aromatic amines is 1. The Bertz CT molecular complexity index is 1580. The quantitative estimate of drug-likeness (QED) is 0.363. The van der Waals surface area contributed by atoms with Gasteiger partial charge in [-0.2, -0.15) is 0 Å². The Kier molecular flexibility index (Phi) is 6.96. The number of aromatic nitrogens is 4. The number of halogens is 2. The van der Waals surface area contributed by atoms with Gasteiger partial charge in [-0.25, -0.2) is 4.68 Å². The first-order chi connectivity index (χ1) is 17.4. The van der Waals surface area contributed by atoms with Gasteiger partial charge in [0.2, 0.25) is 0 Å². The van der Waals surface area contributed by atoms with Crippen LogP contribution in [-0.4, -0.2) is 43.2 Å². The third-order valence-electron chi connectivity index (χ3n) is 6.29. The third kappa shape index (κ3) is 4.82. The highest BCUT2D eigenvalue weighted by Gasteiger charge is 2.21. The monoisotopic (exact) mass is 521 g/mol. The molecule has 0 fully saturated rings. The van der Waals surface area contributed by atoms with Crippen molar-refractivity contribution < 1.29 is 0 Å². The summed E-state index contributed by atoms with van der Waals surface area (Å²) in [7, 11) is 1.96. The van der Waals surface area contributed by atoms with Crippen molar-refractivity contribution in [3.05, 3.63) is 116 Å². The van der Waals surface area contributed by atoms with E-state index in [1.54, 1.807) is 35.2 Å². The Morgan fingerprint density at radius 1 is 1.17 bits per heavy atom. The van der Waals surface area contributed by atoms with Gasteiger partial charge in [0.25, 0.3) is 11.1 Å². The number of nitrogens with one attached hydrogen (secondary N) is 1. The highest BCUT2D eigenvalue weighted by molar-refractivity contribution is 6.32. The highest BCUT2D eigenvalue weighted by Crippen LogP contribution is 2.23. The average Bonchev–Trinajstić information content (AvgIpc) is 3.19. The van der Waals surface area contributed by atoms with Crippen molar-refractivity contribution in [2.24, 2.45) is 0 Å². The van der Waals surface area contributed by atoms with Crippen molar-refractivity contribution in [3.8, 4) is 5.69 Å². The topological polar surface area (TPSA) is 75.9 Å². The Hall–Kier alpha value is -3.39. The number of likely N-dealkylation sites (N-methyl/N-ethyl adjacent to an activating group) is 1. The Morgan fingerprint density at radius 2 is 2.00 bits per heavy atom. The van der Waals surface area contributed by atoms with Crippen molar-refractivity contribution in [3.63, 3.8) is 0 Å². The summed E-state index contributed by atoms with van der Waals surface area (Å²) in [5, 5.41) is 3.90. The molecule has 0 amide bonds. The molecule has 0 spiro atoms. The number of para-hydroxylation sites is 1. The molecule has 184 valence electrons. The zero-order valence-electron chi connectivity index (χ0n) is 19.7. The van der Waals surface area contributed by atoms with Gasteiger partial charge in [-0.15, -0.1) is 11.6 Å². The van der Waals surface area contributed by atoms with E-state index in [9.17, 15) is 9.59 Å². The second-order valence-electron chi connectivity index (χ2n) is 8.91. The van der Waals surface area contributed by atoms with Gasteiger partial charge in [-0.3, -0.25) is 24.6 Å². The molecular weight excluding hydrogens is 497 g/mol. The standard InChI is InChI=1S/C27H25Cl2N5O2/c1-32(16-19-8-2-3-9-20(19)28)17-24-26-22(13-25(35)33(24)15-18-7-6-12-30-14-18)31-34(27(26)36)23-11-5-4-10-21(23)29/h2-8,10-14,20,31H,9,15-17H2,1H3. The Labute approximate surface area is 217 Å². The second kappa shape index (κ2) is 10.3. The zero-order valence-corrected chi connectivity index (χ0v) is 21.2. The molecule has 0 radical (unpaired) electrons. The van der Waals surface area contributed by atoms with Crippen LogP contribution in [0.5, 0.6) is 0 Å². The molecule has 1 N–H and O–H groups in total. The molecule has 0 saturated carbocycles. The maximum absolute atomic E-state index is 13.7. The van der Waals surface area contributed by atoms with Gasteiger partial charge in [0, 0.05) is 31.5 Å². The molecule has 0 saturated heterocycles. The van der Waals surface area contributed by atoms with Crippen LogP contribution in [0.25, 0.3) is 16.6 Å². The van der Waals surface area contributed by atoms with Gasteiger partial charge in [-0.1, -0.05) is 48.0 Å². The number of alkyl halides is 1. The number of rotatable bonds is 7. The molecule has 1 unspecified atom stereocenters. The highest BCUT2D eigenvalue weighted by atomic mass is 35.5. The molecule has 7 nitrogen and oxygen atoms in total. The molecular formula is C27H25Cl2N5O2. The minimum atomic E-state index is -0.267. The minimum absolute atomic E-state index is 0.0736. The Balaban J connectivity index is 1.64. The fourth-order valence-electron chi connectivity index (χ4n) is 4.54. The summed E-state index contributed by atoms with van der Waals surface area (Å²) in [5.41, 5.74) is 3.09. The van der Waals surface area contributed by atoms with Gasteiger partial charge in [0.05, 0.1) is 39.2 Å². The summed E-state index contributed by atoms with van der Waals surface area (Å²) in [6.07, 6.45) is 10.3. The maximum atomic E-state index is 13.7. The molecule has 9 heteroatoms. The van der Waals surface area contributed by atoms with Crippen molar-refractivity contribution >= 4 is 34.1 Å². The second-order valence-corrected chi connectivity index (χ2v) is 9.85. The maximum Gasteiger partial charge on any atom is 0.280 e. The molecule has 1 aliphatic carbocycles. The van der Waals surface area contributed by atoms with Crippen LogP contribution < -0.4 is 11.1 Å². The Morgan fingerprint density at radius 3 is 2.75 bits per heavy atom. The van der Waals surface area contributed by atoms with E-state index in [1.165, 1.54) is 10.7 Å². The number of nitrogens with zero attached hydrogens (tertiary/aromatic N) is 4. The lowest BCUT2D eigenvalue weighted by Gasteiger charge is -2.24. The number of hydrogen-bond donors (Lipinski definition) is 1. The van der Waals surface area contributed by atoms with E-state index in [4.69, 9.17) is 23.2 Å². The molecule has 1 atom stereocenters. The van der Waals surface area contributed by atoms with Gasteiger partial charge in [0.1, 0.15) is 0 Å². The number of fused-ring (bicyclic) bond motifs is 1. The van der Waals surface area contributed by atoms with Crippen LogP contribution in [0, 0.1) is 0 Å². The molecule has 1 aromatic carbocycles. The number of H-pyrrole nitrogens is 1. The average molecular weight is 522 g/mol. The minimum Gasteiger partial charge on any atom is -0.306 e. The molecule has 36 heavy (non-hydrogen) atoms. The van der Waals surface area contributed by atoms with Crippen LogP contribution in [0.4, 0.5) is 0 Å². The van der Waals surface area contributed by atoms with E-state index in [0.29, 0.717) is 46.9 Å². The molecule has 0 bridgehead atoms. The van der Waals surface area contributed by atoms with Crippen LogP contribution >= 0.6 is 23.2 Å². The first kappa shape index (κ1) is 24.3. The molecule has 1 aliphatic rings. The lowest BCUT2D eigenvalue weighted by Crippen LogP contribution is -2.31. The first-order valence-electron chi connectivity index (χ1n) is 11.6. The van der Waals surface area contributed by atoms with Crippen molar-refractivity contribution in [2.75, 3.05) is 13.6 Å². The van der Waals surface area contributed by atoms with Gasteiger partial charge in [0.15, 0.2) is 0 Å². The van der Waals surface area contributed by atoms with Gasteiger partial charge >= 0.3 is 0 Å². The summed E-state index contributed by atoms with van der Waals surface area (Å²) < 4.78 is 3.04. The van der Waals surface area contributed by atoms with Crippen LogP contribution in [-0.2, 0) is 13.1 Å². The number of benzene rings is 1. The first-order valence-corrected chi connectivity index (χ1v) is 12.4. The summed E-state index contributed by atoms with van der Waals surface area (Å²) >= 11 is 12.9. The van der Waals surface area contributed by atoms with E-state index in [0.717, 1.165) is 17.6 Å².